The number of carbonyl (C=O) groups is 1. The quantitative estimate of drug-likeness (QED) is 0.717. The molecule has 1 aromatic heterocycles. The van der Waals surface area contributed by atoms with Gasteiger partial charge in [0, 0.05) is 17.9 Å². The summed E-state index contributed by atoms with van der Waals surface area (Å²) in [5.74, 6) is 0.267. The number of carboxylic acids is 1. The molecule has 0 fully saturated rings. The number of imidazole rings is 1. The summed E-state index contributed by atoms with van der Waals surface area (Å²) in [7, 11) is -1.85. The van der Waals surface area contributed by atoms with Crippen molar-refractivity contribution in [3.05, 3.63) is 53.9 Å². The number of hydrogen-bond donors (Lipinski definition) is 1. The Bertz CT molecular complexity index is 1200. The number of benzene rings is 2. The standard InChI is InChI=1S/C19H16N2O6S/c1-26-12-5-3-11(4-6-12)18-20-17(19(22)23)15-10-27-16-9-13(28(2,24)25)7-8-14(16)21(15)18/h3-9H,10H2,1-2H3,(H,22,23). The summed E-state index contributed by atoms with van der Waals surface area (Å²) >= 11 is 0. The zero-order valence-corrected chi connectivity index (χ0v) is 15.9. The molecule has 28 heavy (non-hydrogen) atoms. The molecule has 144 valence electrons. The van der Waals surface area contributed by atoms with Crippen LogP contribution in [0.15, 0.2) is 47.4 Å². The van der Waals surface area contributed by atoms with E-state index < -0.39 is 15.8 Å². The molecule has 0 unspecified atom stereocenters. The molecule has 1 aliphatic rings. The maximum atomic E-state index is 11.8. The van der Waals surface area contributed by atoms with E-state index in [0.717, 1.165) is 6.26 Å². The van der Waals surface area contributed by atoms with Crippen molar-refractivity contribution in [1.82, 2.24) is 9.55 Å². The Kier molecular flexibility index (Phi) is 4.11. The van der Waals surface area contributed by atoms with Crippen LogP contribution in [0.4, 0.5) is 0 Å². The van der Waals surface area contributed by atoms with Gasteiger partial charge in [-0.25, -0.2) is 18.2 Å². The Labute approximate surface area is 160 Å². The number of hydrogen-bond acceptors (Lipinski definition) is 6. The summed E-state index contributed by atoms with van der Waals surface area (Å²) in [6, 6.07) is 11.6. The fourth-order valence-corrected chi connectivity index (χ4v) is 3.76. The first kappa shape index (κ1) is 18.1. The minimum absolute atomic E-state index is 0.0367. The molecule has 8 nitrogen and oxygen atoms in total. The van der Waals surface area contributed by atoms with Crippen LogP contribution in [0.25, 0.3) is 17.1 Å². The zero-order chi connectivity index (χ0) is 20.1. The molecule has 0 radical (unpaired) electrons. The van der Waals surface area contributed by atoms with E-state index in [-0.39, 0.29) is 17.2 Å². The number of carboxylic acid groups (broad SMARTS) is 1. The minimum atomic E-state index is -3.40. The van der Waals surface area contributed by atoms with Crippen molar-refractivity contribution in [3.63, 3.8) is 0 Å². The van der Waals surface area contributed by atoms with E-state index in [2.05, 4.69) is 4.98 Å². The van der Waals surface area contributed by atoms with Crippen molar-refractivity contribution in [3.8, 4) is 28.6 Å². The summed E-state index contributed by atoms with van der Waals surface area (Å²) < 4.78 is 36.2. The van der Waals surface area contributed by atoms with Gasteiger partial charge in [-0.3, -0.25) is 4.57 Å². The Morgan fingerprint density at radius 1 is 1.21 bits per heavy atom. The van der Waals surface area contributed by atoms with E-state index >= 15 is 0 Å². The number of aromatic carboxylic acids is 1. The summed E-state index contributed by atoms with van der Waals surface area (Å²) in [6.45, 7) is -0.0367. The van der Waals surface area contributed by atoms with Gasteiger partial charge in [-0.05, 0) is 36.4 Å². The molecule has 0 aliphatic carbocycles. The second kappa shape index (κ2) is 6.38. The van der Waals surface area contributed by atoms with E-state index in [1.165, 1.54) is 12.1 Å². The van der Waals surface area contributed by atoms with Crippen molar-refractivity contribution >= 4 is 15.8 Å². The molecule has 0 bridgehead atoms. The van der Waals surface area contributed by atoms with Gasteiger partial charge in [0.15, 0.2) is 15.5 Å². The number of methoxy groups -OCH3 is 1. The summed E-state index contributed by atoms with van der Waals surface area (Å²) in [4.78, 5) is 16.1. The fraction of sp³-hybridized carbons (Fsp3) is 0.158. The molecule has 0 spiro atoms. The third-order valence-electron chi connectivity index (χ3n) is 4.49. The van der Waals surface area contributed by atoms with Crippen LogP contribution in [0.5, 0.6) is 11.5 Å². The largest absolute Gasteiger partial charge is 0.497 e. The highest BCUT2D eigenvalue weighted by molar-refractivity contribution is 7.90. The summed E-state index contributed by atoms with van der Waals surface area (Å²) in [5, 5.41) is 9.55. The number of fused-ring (bicyclic) bond motifs is 3. The van der Waals surface area contributed by atoms with E-state index in [1.807, 2.05) is 0 Å². The molecule has 9 heteroatoms. The van der Waals surface area contributed by atoms with Crippen molar-refractivity contribution in [2.75, 3.05) is 13.4 Å². The van der Waals surface area contributed by atoms with E-state index in [0.29, 0.717) is 34.3 Å². The van der Waals surface area contributed by atoms with E-state index in [9.17, 15) is 18.3 Å². The first-order valence-corrected chi connectivity index (χ1v) is 10.2. The Morgan fingerprint density at radius 3 is 2.54 bits per heavy atom. The van der Waals surface area contributed by atoms with Crippen LogP contribution in [0, 0.1) is 0 Å². The molecule has 1 N–H and O–H groups in total. The van der Waals surface area contributed by atoms with Crippen LogP contribution >= 0.6 is 0 Å². The van der Waals surface area contributed by atoms with Crippen LogP contribution in [0.2, 0.25) is 0 Å². The van der Waals surface area contributed by atoms with Gasteiger partial charge < -0.3 is 14.6 Å². The Balaban J connectivity index is 1.95. The molecule has 0 saturated heterocycles. The molecule has 1 aliphatic heterocycles. The van der Waals surface area contributed by atoms with Crippen LogP contribution in [-0.4, -0.2) is 42.4 Å². The second-order valence-electron chi connectivity index (χ2n) is 6.29. The average molecular weight is 400 g/mol. The van der Waals surface area contributed by atoms with E-state index in [1.54, 1.807) is 42.0 Å². The molecule has 0 saturated carbocycles. The van der Waals surface area contributed by atoms with Gasteiger partial charge >= 0.3 is 5.97 Å². The normalized spacial score (nSPS) is 12.6. The van der Waals surface area contributed by atoms with Crippen LogP contribution in [0.1, 0.15) is 16.2 Å². The summed E-state index contributed by atoms with van der Waals surface area (Å²) in [6.07, 6.45) is 1.12. The molecule has 3 aromatic rings. The Morgan fingerprint density at radius 2 is 1.93 bits per heavy atom. The van der Waals surface area contributed by atoms with Crippen molar-refractivity contribution in [2.24, 2.45) is 0 Å². The van der Waals surface area contributed by atoms with Crippen molar-refractivity contribution < 1.29 is 27.8 Å². The van der Waals surface area contributed by atoms with Crippen LogP contribution in [0.3, 0.4) is 0 Å². The summed E-state index contributed by atoms with van der Waals surface area (Å²) in [5.41, 5.74) is 1.50. The third-order valence-corrected chi connectivity index (χ3v) is 5.60. The topological polar surface area (TPSA) is 108 Å². The van der Waals surface area contributed by atoms with Crippen molar-refractivity contribution in [1.29, 1.82) is 0 Å². The number of aromatic nitrogens is 2. The predicted octanol–water partition coefficient (Wildman–Crippen LogP) is 2.54. The van der Waals surface area contributed by atoms with E-state index in [4.69, 9.17) is 9.47 Å². The van der Waals surface area contributed by atoms with Gasteiger partial charge in [0.25, 0.3) is 0 Å². The minimum Gasteiger partial charge on any atom is -0.497 e. The van der Waals surface area contributed by atoms with Gasteiger partial charge in [-0.1, -0.05) is 0 Å². The maximum Gasteiger partial charge on any atom is 0.356 e. The SMILES string of the molecule is COc1ccc(-c2nc(C(=O)O)c3n2-c2ccc(S(C)(=O)=O)cc2OC3)cc1. The predicted molar refractivity (Wildman–Crippen MR) is 100.0 cm³/mol. The lowest BCUT2D eigenvalue weighted by Gasteiger charge is -2.22. The van der Waals surface area contributed by atoms with Gasteiger partial charge in [-0.2, -0.15) is 0 Å². The number of nitrogens with zero attached hydrogens (tertiary/aromatic N) is 2. The van der Waals surface area contributed by atoms with Gasteiger partial charge in [-0.15, -0.1) is 0 Å². The molecule has 0 amide bonds. The van der Waals surface area contributed by atoms with Crippen LogP contribution < -0.4 is 9.47 Å². The first-order chi connectivity index (χ1) is 13.3. The third kappa shape index (κ3) is 2.89. The second-order valence-corrected chi connectivity index (χ2v) is 8.31. The lowest BCUT2D eigenvalue weighted by molar-refractivity contribution is 0.0687. The lowest BCUT2D eigenvalue weighted by atomic mass is 10.2. The Hall–Kier alpha value is -3.33. The molecule has 2 aromatic carbocycles. The molecular formula is C19H16N2O6S. The molecule has 0 atom stereocenters. The lowest BCUT2D eigenvalue weighted by Crippen LogP contribution is -2.16. The smallest absolute Gasteiger partial charge is 0.356 e. The highest BCUT2D eigenvalue weighted by Crippen LogP contribution is 2.37. The number of ether oxygens (including phenoxy) is 2. The van der Waals surface area contributed by atoms with Gasteiger partial charge in [0.05, 0.1) is 23.4 Å². The highest BCUT2D eigenvalue weighted by Gasteiger charge is 2.29. The molecule has 4 rings (SSSR count). The first-order valence-electron chi connectivity index (χ1n) is 8.26. The average Bonchev–Trinajstić information content (AvgIpc) is 3.07. The van der Waals surface area contributed by atoms with Crippen LogP contribution in [-0.2, 0) is 16.4 Å². The molecular weight excluding hydrogens is 384 g/mol. The fourth-order valence-electron chi connectivity index (χ4n) is 3.12. The highest BCUT2D eigenvalue weighted by atomic mass is 32.2. The number of rotatable bonds is 4. The number of sulfone groups is 1. The van der Waals surface area contributed by atoms with Crippen molar-refractivity contribution in [2.45, 2.75) is 11.5 Å². The van der Waals surface area contributed by atoms with Gasteiger partial charge in [0.1, 0.15) is 23.9 Å². The monoisotopic (exact) mass is 400 g/mol. The maximum absolute atomic E-state index is 11.8. The zero-order valence-electron chi connectivity index (χ0n) is 15.0. The van der Waals surface area contributed by atoms with Gasteiger partial charge in [0.2, 0.25) is 0 Å². The molecule has 2 heterocycles.